The average Bonchev–Trinajstić information content (AvgIpc) is 3.81. The number of aromatic nitrogens is 2. The van der Waals surface area contributed by atoms with Gasteiger partial charge in [0.05, 0.1) is 11.3 Å². The maximum atomic E-state index is 13.7. The predicted octanol–water partition coefficient (Wildman–Crippen LogP) is 8.40. The van der Waals surface area contributed by atoms with Gasteiger partial charge in [0, 0.05) is 21.9 Å². The largest absolute Gasteiger partial charge is 0.490 e. The van der Waals surface area contributed by atoms with Crippen LogP contribution in [0.4, 0.5) is 15.4 Å². The third kappa shape index (κ3) is 20.2. The van der Waals surface area contributed by atoms with Gasteiger partial charge in [0.1, 0.15) is 89.1 Å². The molecule has 0 bridgehead atoms. The number of carbonyl (C=O) groups is 6. The summed E-state index contributed by atoms with van der Waals surface area (Å²) in [5, 5.41) is 31.7. The number of carbonyl (C=O) groups excluding carboxylic acids is 6. The molecule has 0 saturated heterocycles. The van der Waals surface area contributed by atoms with Gasteiger partial charge in [-0.15, -0.1) is 0 Å². The van der Waals surface area contributed by atoms with Crippen molar-refractivity contribution in [2.75, 3.05) is 18.9 Å². The fourth-order valence-electron chi connectivity index (χ4n) is 7.07. The number of hydrogen-bond donors (Lipinski definition) is 5. The summed E-state index contributed by atoms with van der Waals surface area (Å²) < 4.78 is 33.7. The van der Waals surface area contributed by atoms with Crippen LogP contribution in [0.1, 0.15) is 113 Å². The molecule has 2 aromatic heterocycles. The van der Waals surface area contributed by atoms with Crippen LogP contribution in [-0.4, -0.2) is 101 Å². The molecule has 2 heterocycles. The number of oxazole rings is 1. The molecule has 2 aromatic carbocycles. The topological polar surface area (TPSA) is 309 Å². The lowest BCUT2D eigenvalue weighted by Gasteiger charge is -2.26. The lowest BCUT2D eigenvalue weighted by Crippen LogP contribution is -2.53. The van der Waals surface area contributed by atoms with Crippen LogP contribution in [0, 0.1) is 34.5 Å². The number of nitrogens with zero attached hydrogens (tertiary/aromatic N) is 4. The van der Waals surface area contributed by atoms with Crippen LogP contribution in [0.25, 0.3) is 22.6 Å². The van der Waals surface area contributed by atoms with Crippen LogP contribution < -0.4 is 31.7 Å². The standard InChI is InChI=1S/C54H68ClN9O12S/c1-29(2)21-41(62-51(69)75-53(7,8)9)45(65)59-31(5)49(67)73-27-38(74-50(68)32(6)60-46(66)42(22-30(3)4)63-52(70)76-54(10,11)12)26-71-37-19-15-33(16-20-37)43-39(23-56)44(58)64-48(40(43)24-57)77-28-36-25-72-47(61-36)34-13-17-35(55)18-14-34/h13-20,25,29-32,38,41-42H,21-22,26-28H2,1-12H3,(H2,58,64)(H,59,65)(H,60,66)(H,62,69)(H,63,70)/t31-,32-,38-,41-,42-/m0/s1. The Morgan fingerprint density at radius 2 is 1.21 bits per heavy atom. The number of nitriles is 2. The van der Waals surface area contributed by atoms with Crippen molar-refractivity contribution in [3.05, 3.63) is 76.6 Å². The number of esters is 2. The molecule has 4 amide bonds. The van der Waals surface area contributed by atoms with Crippen LogP contribution >= 0.6 is 23.4 Å². The second kappa shape index (κ2) is 28.0. The second-order valence-electron chi connectivity index (χ2n) is 20.7. The number of pyridine rings is 1. The highest BCUT2D eigenvalue weighted by Gasteiger charge is 2.32. The Hall–Kier alpha value is -7.56. The lowest BCUT2D eigenvalue weighted by atomic mass is 9.97. The van der Waals surface area contributed by atoms with Gasteiger partial charge < -0.3 is 55.1 Å². The monoisotopic (exact) mass is 1100 g/mol. The zero-order valence-corrected chi connectivity index (χ0v) is 46.9. The normalized spacial score (nSPS) is 13.4. The van der Waals surface area contributed by atoms with E-state index in [-0.39, 0.29) is 63.7 Å². The molecule has 0 aliphatic heterocycles. The Labute approximate surface area is 458 Å². The molecule has 0 spiro atoms. The SMILES string of the molecule is CC(C)C[C@H](NC(=O)OC(C)(C)C)C(=O)N[C@@H](C)C(=O)OC[C@H](COc1ccc(-c2c(C#N)c(N)nc(SCc3coc(-c4ccc(Cl)cc4)n3)c2C#N)cc1)OC(=O)[C@H](C)NC(=O)[C@H](CC(C)C)NC(=O)OC(C)(C)C. The number of ether oxygens (including phenoxy) is 5. The number of benzene rings is 2. The first kappa shape index (κ1) is 62.0. The van der Waals surface area contributed by atoms with Crippen molar-refractivity contribution in [1.82, 2.24) is 31.2 Å². The molecule has 77 heavy (non-hydrogen) atoms. The third-order valence-corrected chi connectivity index (χ3v) is 11.8. The highest BCUT2D eigenvalue weighted by atomic mass is 35.5. The maximum absolute atomic E-state index is 13.7. The minimum absolute atomic E-state index is 0.0302. The molecule has 0 unspecified atom stereocenters. The number of nitrogens with one attached hydrogen (secondary N) is 4. The van der Waals surface area contributed by atoms with E-state index in [0.29, 0.717) is 27.7 Å². The first-order chi connectivity index (χ1) is 36.1. The molecule has 21 nitrogen and oxygen atoms in total. The lowest BCUT2D eigenvalue weighted by molar-refractivity contribution is -0.163. The summed E-state index contributed by atoms with van der Waals surface area (Å²) in [6, 6.07) is 12.8. The molecule has 414 valence electrons. The van der Waals surface area contributed by atoms with Crippen molar-refractivity contribution in [3.63, 3.8) is 0 Å². The Bertz CT molecular complexity index is 2800. The number of amides is 4. The Morgan fingerprint density at radius 3 is 1.70 bits per heavy atom. The first-order valence-corrected chi connectivity index (χ1v) is 26.1. The third-order valence-electron chi connectivity index (χ3n) is 10.5. The van der Waals surface area contributed by atoms with Crippen LogP contribution in [0.2, 0.25) is 5.02 Å². The molecule has 0 fully saturated rings. The summed E-state index contributed by atoms with van der Waals surface area (Å²) in [6.07, 6.45) is -1.03. The van der Waals surface area contributed by atoms with E-state index in [1.54, 1.807) is 77.9 Å². The number of halogens is 1. The van der Waals surface area contributed by atoms with Crippen molar-refractivity contribution in [3.8, 4) is 40.5 Å². The Kier molecular flexibility index (Phi) is 22.5. The van der Waals surface area contributed by atoms with Crippen molar-refractivity contribution >= 4 is 65.1 Å². The molecule has 0 saturated carbocycles. The Morgan fingerprint density at radius 1 is 0.701 bits per heavy atom. The van der Waals surface area contributed by atoms with Crippen LogP contribution in [0.3, 0.4) is 0 Å². The van der Waals surface area contributed by atoms with E-state index in [1.807, 2.05) is 27.7 Å². The van der Waals surface area contributed by atoms with Gasteiger partial charge >= 0.3 is 24.1 Å². The molecular formula is C54H68ClN9O12S. The van der Waals surface area contributed by atoms with Gasteiger partial charge in [-0.3, -0.25) is 9.59 Å². The van der Waals surface area contributed by atoms with Crippen molar-refractivity contribution in [2.24, 2.45) is 11.8 Å². The van der Waals surface area contributed by atoms with Gasteiger partial charge in [0.15, 0.2) is 6.10 Å². The zero-order valence-electron chi connectivity index (χ0n) is 45.3. The van der Waals surface area contributed by atoms with E-state index in [4.69, 9.17) is 45.4 Å². The van der Waals surface area contributed by atoms with Gasteiger partial charge in [0.25, 0.3) is 0 Å². The molecule has 0 radical (unpaired) electrons. The number of rotatable bonds is 23. The molecular weight excluding hydrogens is 1030 g/mol. The summed E-state index contributed by atoms with van der Waals surface area (Å²) in [5.41, 5.74) is 6.59. The molecule has 4 aromatic rings. The average molecular weight is 1100 g/mol. The van der Waals surface area contributed by atoms with E-state index in [0.717, 1.165) is 0 Å². The number of anilines is 1. The number of nitrogens with two attached hydrogens (primary N) is 1. The fraction of sp³-hybridized carbons (Fsp3) is 0.481. The number of alkyl carbamates (subject to hydrolysis) is 2. The summed E-state index contributed by atoms with van der Waals surface area (Å²) in [6.45, 7) is 19.2. The maximum Gasteiger partial charge on any atom is 0.408 e. The van der Waals surface area contributed by atoms with Crippen LogP contribution in [-0.2, 0) is 43.9 Å². The minimum Gasteiger partial charge on any atom is -0.490 e. The van der Waals surface area contributed by atoms with E-state index in [2.05, 4.69) is 43.4 Å². The summed E-state index contributed by atoms with van der Waals surface area (Å²) in [7, 11) is 0. The van der Waals surface area contributed by atoms with Crippen LogP contribution in [0.5, 0.6) is 5.75 Å². The van der Waals surface area contributed by atoms with Gasteiger partial charge in [-0.2, -0.15) is 10.5 Å². The highest BCUT2D eigenvalue weighted by molar-refractivity contribution is 7.98. The molecule has 23 heteroatoms. The molecule has 0 aliphatic rings. The summed E-state index contributed by atoms with van der Waals surface area (Å²) >= 11 is 7.20. The van der Waals surface area contributed by atoms with Gasteiger partial charge in [-0.1, -0.05) is 63.2 Å². The zero-order chi connectivity index (χ0) is 57.4. The molecule has 4 rings (SSSR count). The predicted molar refractivity (Wildman–Crippen MR) is 287 cm³/mol. The van der Waals surface area contributed by atoms with Gasteiger partial charge in [0.2, 0.25) is 17.7 Å². The minimum atomic E-state index is -1.32. The van der Waals surface area contributed by atoms with Crippen LogP contribution in [0.15, 0.2) is 64.2 Å². The van der Waals surface area contributed by atoms with Crippen molar-refractivity contribution < 1.29 is 56.9 Å². The number of nitrogen functional groups attached to an aromatic ring is 1. The van der Waals surface area contributed by atoms with Gasteiger partial charge in [-0.25, -0.2) is 29.1 Å². The highest BCUT2D eigenvalue weighted by Crippen LogP contribution is 2.37. The smallest absolute Gasteiger partial charge is 0.408 e. The van der Waals surface area contributed by atoms with Crippen molar-refractivity contribution in [2.45, 2.75) is 148 Å². The molecule has 0 aliphatic carbocycles. The quantitative estimate of drug-likeness (QED) is 0.0264. The summed E-state index contributed by atoms with van der Waals surface area (Å²) in [4.78, 5) is 88.1. The number of thioether (sulfide) groups is 1. The number of hydrogen-bond acceptors (Lipinski definition) is 18. The van der Waals surface area contributed by atoms with E-state index in [9.17, 15) is 39.3 Å². The fourth-order valence-corrected chi connectivity index (χ4v) is 8.07. The molecule has 6 N–H and O–H groups in total. The second-order valence-corrected chi connectivity index (χ2v) is 22.1. The Balaban J connectivity index is 1.54. The molecule has 5 atom stereocenters. The van der Waals surface area contributed by atoms with Crippen molar-refractivity contribution in [1.29, 1.82) is 10.5 Å². The van der Waals surface area contributed by atoms with E-state index >= 15 is 0 Å². The van der Waals surface area contributed by atoms with E-state index in [1.165, 1.54) is 44.0 Å². The summed E-state index contributed by atoms with van der Waals surface area (Å²) in [5.74, 6) is -2.58. The van der Waals surface area contributed by atoms with Gasteiger partial charge in [-0.05, 0) is 122 Å². The van der Waals surface area contributed by atoms with E-state index < -0.39 is 90.6 Å². The first-order valence-electron chi connectivity index (χ1n) is 24.7.